The van der Waals surface area contributed by atoms with E-state index in [4.69, 9.17) is 0 Å². The maximum absolute atomic E-state index is 13.5. The first-order chi connectivity index (χ1) is 10.9. The minimum Gasteiger partial charge on any atom is -0.354 e. The van der Waals surface area contributed by atoms with Crippen LogP contribution >= 0.6 is 0 Å². The lowest BCUT2D eigenvalue weighted by molar-refractivity contribution is -0.137. The fraction of sp³-hybridized carbons (Fsp3) is 0.667. The van der Waals surface area contributed by atoms with Crippen LogP contribution in [0.4, 0.5) is 19.0 Å². The number of hydrogen-bond donors (Lipinski definition) is 1. The number of carbonyl (C=O) groups is 1. The van der Waals surface area contributed by atoms with Gasteiger partial charge in [-0.15, -0.1) is 5.10 Å². The first-order valence-corrected chi connectivity index (χ1v) is 7.93. The van der Waals surface area contributed by atoms with Gasteiger partial charge in [0.2, 0.25) is 5.91 Å². The second-order valence-electron chi connectivity index (χ2n) is 6.58. The highest BCUT2D eigenvalue weighted by atomic mass is 19.4. The molecular formula is C15H17F3N4O. The fourth-order valence-electron chi connectivity index (χ4n) is 3.60. The molecule has 1 aromatic heterocycles. The van der Waals surface area contributed by atoms with Gasteiger partial charge < -0.3 is 10.2 Å². The standard InChI is InChI=1S/C15H17F3N4O/c16-15(17,18)11-6-12(8-1-2-8)20-21-14(11)22-9-3-4-10(22)7-19-13(23)5-9/h6,8-10H,1-5,7H2,(H,19,23). The van der Waals surface area contributed by atoms with Gasteiger partial charge in [0.1, 0.15) is 5.56 Å². The second-order valence-corrected chi connectivity index (χ2v) is 6.58. The molecular weight excluding hydrogens is 309 g/mol. The Balaban J connectivity index is 1.77. The highest BCUT2D eigenvalue weighted by Crippen LogP contribution is 2.44. The van der Waals surface area contributed by atoms with E-state index in [0.717, 1.165) is 25.3 Å². The van der Waals surface area contributed by atoms with Crippen LogP contribution in [0.1, 0.15) is 49.3 Å². The van der Waals surface area contributed by atoms with Crippen LogP contribution in [0.5, 0.6) is 0 Å². The molecule has 2 atom stereocenters. The highest BCUT2D eigenvalue weighted by Gasteiger charge is 2.44. The van der Waals surface area contributed by atoms with Crippen molar-refractivity contribution in [3.8, 4) is 0 Å². The molecule has 2 bridgehead atoms. The van der Waals surface area contributed by atoms with Crippen molar-refractivity contribution in [2.24, 2.45) is 0 Å². The maximum Gasteiger partial charge on any atom is 0.420 e. The first kappa shape index (κ1) is 14.7. The van der Waals surface area contributed by atoms with Crippen LogP contribution in [0.25, 0.3) is 0 Å². The predicted octanol–water partition coefficient (Wildman–Crippen LogP) is 2.23. The molecule has 8 heteroatoms. The van der Waals surface area contributed by atoms with Gasteiger partial charge in [0.05, 0.1) is 5.69 Å². The minimum atomic E-state index is -4.47. The predicted molar refractivity (Wildman–Crippen MR) is 75.9 cm³/mol. The van der Waals surface area contributed by atoms with E-state index in [0.29, 0.717) is 18.7 Å². The smallest absolute Gasteiger partial charge is 0.354 e. The summed E-state index contributed by atoms with van der Waals surface area (Å²) >= 11 is 0. The molecule has 23 heavy (non-hydrogen) atoms. The molecule has 1 aromatic rings. The molecule has 4 rings (SSSR count). The quantitative estimate of drug-likeness (QED) is 0.905. The van der Waals surface area contributed by atoms with Gasteiger partial charge in [0.25, 0.3) is 0 Å². The average molecular weight is 326 g/mol. The number of anilines is 1. The van der Waals surface area contributed by atoms with Crippen molar-refractivity contribution in [3.05, 3.63) is 17.3 Å². The number of amides is 1. The second kappa shape index (κ2) is 5.07. The SMILES string of the molecule is O=C1CC2CCC(CN1)N2c1nnc(C2CC2)cc1C(F)(F)F. The number of nitrogens with one attached hydrogen (secondary N) is 1. The summed E-state index contributed by atoms with van der Waals surface area (Å²) < 4.78 is 40.6. The molecule has 124 valence electrons. The molecule has 2 saturated heterocycles. The first-order valence-electron chi connectivity index (χ1n) is 7.93. The summed E-state index contributed by atoms with van der Waals surface area (Å²) in [4.78, 5) is 13.4. The van der Waals surface area contributed by atoms with E-state index < -0.39 is 11.7 Å². The highest BCUT2D eigenvalue weighted by molar-refractivity contribution is 5.78. The molecule has 3 aliphatic rings. The Morgan fingerprint density at radius 1 is 1.13 bits per heavy atom. The van der Waals surface area contributed by atoms with Crippen LogP contribution in [0.15, 0.2) is 6.07 Å². The van der Waals surface area contributed by atoms with E-state index in [1.54, 1.807) is 4.90 Å². The zero-order valence-corrected chi connectivity index (χ0v) is 12.4. The summed E-state index contributed by atoms with van der Waals surface area (Å²) in [7, 11) is 0. The Kier molecular flexibility index (Phi) is 3.24. The Labute approximate surface area is 131 Å². The number of alkyl halides is 3. The molecule has 3 fully saturated rings. The maximum atomic E-state index is 13.5. The van der Waals surface area contributed by atoms with E-state index >= 15 is 0 Å². The van der Waals surface area contributed by atoms with Crippen LogP contribution in [0.2, 0.25) is 0 Å². The molecule has 5 nitrogen and oxygen atoms in total. The van der Waals surface area contributed by atoms with Gasteiger partial charge in [-0.05, 0) is 31.7 Å². The summed E-state index contributed by atoms with van der Waals surface area (Å²) in [6, 6.07) is 0.776. The van der Waals surface area contributed by atoms with E-state index in [1.165, 1.54) is 0 Å². The largest absolute Gasteiger partial charge is 0.420 e. The van der Waals surface area contributed by atoms with E-state index in [-0.39, 0.29) is 36.1 Å². The monoisotopic (exact) mass is 326 g/mol. The van der Waals surface area contributed by atoms with Gasteiger partial charge in [0, 0.05) is 31.0 Å². The third-order valence-corrected chi connectivity index (χ3v) is 4.91. The molecule has 0 aromatic carbocycles. The van der Waals surface area contributed by atoms with Gasteiger partial charge >= 0.3 is 6.18 Å². The number of halogens is 3. The van der Waals surface area contributed by atoms with Crippen molar-refractivity contribution in [1.29, 1.82) is 0 Å². The van der Waals surface area contributed by atoms with Crippen molar-refractivity contribution in [2.45, 2.75) is 56.3 Å². The molecule has 1 aliphatic carbocycles. The molecule has 2 unspecified atom stereocenters. The summed E-state index contributed by atoms with van der Waals surface area (Å²) in [6.07, 6.45) is -1.05. The van der Waals surface area contributed by atoms with Crippen molar-refractivity contribution < 1.29 is 18.0 Å². The summed E-state index contributed by atoms with van der Waals surface area (Å²) in [5, 5.41) is 10.8. The average Bonchev–Trinajstić information content (AvgIpc) is 3.26. The molecule has 3 heterocycles. The molecule has 1 N–H and O–H groups in total. The van der Waals surface area contributed by atoms with Gasteiger partial charge in [-0.25, -0.2) is 0 Å². The third kappa shape index (κ3) is 2.64. The van der Waals surface area contributed by atoms with Crippen molar-refractivity contribution in [2.75, 3.05) is 11.4 Å². The molecule has 1 saturated carbocycles. The van der Waals surface area contributed by atoms with Crippen LogP contribution in [0.3, 0.4) is 0 Å². The zero-order valence-electron chi connectivity index (χ0n) is 12.4. The lowest BCUT2D eigenvalue weighted by Crippen LogP contribution is -2.40. The normalized spacial score (nSPS) is 27.8. The van der Waals surface area contributed by atoms with Gasteiger partial charge in [-0.2, -0.15) is 18.3 Å². The van der Waals surface area contributed by atoms with Gasteiger partial charge in [-0.3, -0.25) is 4.79 Å². The lowest BCUT2D eigenvalue weighted by atomic mass is 10.1. The summed E-state index contributed by atoms with van der Waals surface area (Å²) in [5.41, 5.74) is -0.293. The van der Waals surface area contributed by atoms with E-state index in [9.17, 15) is 18.0 Å². The van der Waals surface area contributed by atoms with Crippen LogP contribution in [0, 0.1) is 0 Å². The zero-order chi connectivity index (χ0) is 16.2. The lowest BCUT2D eigenvalue weighted by Gasteiger charge is -2.30. The van der Waals surface area contributed by atoms with Crippen molar-refractivity contribution in [3.63, 3.8) is 0 Å². The Morgan fingerprint density at radius 3 is 2.57 bits per heavy atom. The molecule has 0 spiro atoms. The van der Waals surface area contributed by atoms with Gasteiger partial charge in [-0.1, -0.05) is 0 Å². The molecule has 2 aliphatic heterocycles. The van der Waals surface area contributed by atoms with Crippen LogP contribution < -0.4 is 10.2 Å². The third-order valence-electron chi connectivity index (χ3n) is 4.91. The van der Waals surface area contributed by atoms with E-state index in [2.05, 4.69) is 15.5 Å². The molecule has 0 radical (unpaired) electrons. The minimum absolute atomic E-state index is 0.113. The Bertz CT molecular complexity index is 644. The topological polar surface area (TPSA) is 58.1 Å². The summed E-state index contributed by atoms with van der Waals surface area (Å²) in [6.45, 7) is 0.360. The van der Waals surface area contributed by atoms with Crippen LogP contribution in [-0.4, -0.2) is 34.7 Å². The number of nitrogens with zero attached hydrogens (tertiary/aromatic N) is 3. The Morgan fingerprint density at radius 2 is 1.87 bits per heavy atom. The number of rotatable bonds is 2. The number of carbonyl (C=O) groups excluding carboxylic acids is 1. The van der Waals surface area contributed by atoms with Gasteiger partial charge in [0.15, 0.2) is 5.82 Å². The van der Waals surface area contributed by atoms with Crippen molar-refractivity contribution in [1.82, 2.24) is 15.5 Å². The number of fused-ring (bicyclic) bond motifs is 2. The number of hydrogen-bond acceptors (Lipinski definition) is 4. The van der Waals surface area contributed by atoms with E-state index in [1.807, 2.05) is 0 Å². The Hall–Kier alpha value is -1.86. The van der Waals surface area contributed by atoms with Crippen LogP contribution in [-0.2, 0) is 11.0 Å². The number of aromatic nitrogens is 2. The molecule has 1 amide bonds. The fourth-order valence-corrected chi connectivity index (χ4v) is 3.60. The van der Waals surface area contributed by atoms with Crippen molar-refractivity contribution >= 4 is 11.7 Å². The summed E-state index contributed by atoms with van der Waals surface area (Å²) in [5.74, 6) is -0.119.